The number of carbonyl (C=O) groups excluding carboxylic acids is 2. The van der Waals surface area contributed by atoms with E-state index in [0.717, 1.165) is 31.4 Å². The van der Waals surface area contributed by atoms with Gasteiger partial charge in [-0.05, 0) is 115 Å². The number of anilines is 2. The molecule has 288 valence electrons. The summed E-state index contributed by atoms with van der Waals surface area (Å²) in [5, 5.41) is 7.17. The number of halogens is 1. The normalized spacial score (nSPS) is 14.1. The van der Waals surface area contributed by atoms with Crippen LogP contribution in [0.4, 0.5) is 11.4 Å². The molecule has 0 unspecified atom stereocenters. The van der Waals surface area contributed by atoms with Gasteiger partial charge >= 0.3 is 0 Å². The van der Waals surface area contributed by atoms with Crippen LogP contribution in [-0.4, -0.2) is 81.4 Å². The monoisotopic (exact) mass is 876 g/mol. The number of aromatic nitrogens is 1. The number of nitrogens with two attached hydrogens (primary N) is 1. The summed E-state index contributed by atoms with van der Waals surface area (Å²) in [5.41, 5.74) is 10.6. The molecule has 0 bridgehead atoms. The summed E-state index contributed by atoms with van der Waals surface area (Å²) < 4.78 is 41.0. The van der Waals surface area contributed by atoms with Crippen molar-refractivity contribution in [3.63, 3.8) is 0 Å². The first-order valence-electron chi connectivity index (χ1n) is 18.0. The Morgan fingerprint density at radius 2 is 1.64 bits per heavy atom. The van der Waals surface area contributed by atoms with Gasteiger partial charge in [0, 0.05) is 70.6 Å². The predicted octanol–water partition coefficient (Wildman–Crippen LogP) is 6.39. The molecule has 0 aliphatic carbocycles. The van der Waals surface area contributed by atoms with Gasteiger partial charge in [-0.25, -0.2) is 8.42 Å². The second kappa shape index (κ2) is 17.4. The Labute approximate surface area is 335 Å². The van der Waals surface area contributed by atoms with E-state index in [1.165, 1.54) is 30.7 Å². The minimum Gasteiger partial charge on any atom is -0.497 e. The standard InChI is InChI=1S/C41H45IN6O6S/c1-28-25-37(34-27-31(42)10-16-35(34)45-28)44-20-24-48(55(51,52)33-13-11-32(53-2)12-14-33)21-17-39(49)46-36-15-9-29(26-38(36)54-3)40(50)47-22-18-41(43,19-23-47)30-7-5-4-6-8-30/h4-16,25-27H,17-24,43H2,1-3H3,(H,44,45)(H,46,49). The lowest BCUT2D eigenvalue weighted by Crippen LogP contribution is -2.49. The number of nitrogens with zero attached hydrogens (tertiary/aromatic N) is 3. The summed E-state index contributed by atoms with van der Waals surface area (Å²) in [4.78, 5) is 33.4. The summed E-state index contributed by atoms with van der Waals surface area (Å²) in [6.07, 6.45) is 1.13. The summed E-state index contributed by atoms with van der Waals surface area (Å²) in [5.74, 6) is 0.278. The molecule has 5 aromatic rings. The number of methoxy groups -OCH3 is 2. The molecular formula is C41H45IN6O6S. The maximum Gasteiger partial charge on any atom is 0.253 e. The lowest BCUT2D eigenvalue weighted by Gasteiger charge is -2.39. The van der Waals surface area contributed by atoms with Gasteiger partial charge in [0.2, 0.25) is 15.9 Å². The molecule has 0 saturated carbocycles. The number of rotatable bonds is 14. The Balaban J connectivity index is 1.12. The third-order valence-corrected chi connectivity index (χ3v) is 12.5. The number of sulfonamides is 1. The topological polar surface area (TPSA) is 156 Å². The average molecular weight is 877 g/mol. The van der Waals surface area contributed by atoms with Crippen molar-refractivity contribution >= 4 is 66.7 Å². The van der Waals surface area contributed by atoms with Crippen molar-refractivity contribution in [2.75, 3.05) is 57.6 Å². The number of hydrogen-bond donors (Lipinski definition) is 3. The summed E-state index contributed by atoms with van der Waals surface area (Å²) in [7, 11) is -1.02. The van der Waals surface area contributed by atoms with Crippen LogP contribution in [0.1, 0.15) is 40.9 Å². The van der Waals surface area contributed by atoms with Crippen molar-refractivity contribution < 1.29 is 27.5 Å². The van der Waals surface area contributed by atoms with Crippen LogP contribution in [0.5, 0.6) is 11.5 Å². The molecule has 4 aromatic carbocycles. The first kappa shape index (κ1) is 39.9. The van der Waals surface area contributed by atoms with Crippen LogP contribution in [0, 0.1) is 10.5 Å². The highest BCUT2D eigenvalue weighted by atomic mass is 127. The van der Waals surface area contributed by atoms with Crippen LogP contribution in [0.15, 0.2) is 102 Å². The molecule has 1 saturated heterocycles. The van der Waals surface area contributed by atoms with Crippen molar-refractivity contribution in [3.05, 3.63) is 117 Å². The van der Waals surface area contributed by atoms with E-state index >= 15 is 0 Å². The van der Waals surface area contributed by atoms with Crippen LogP contribution < -0.4 is 25.8 Å². The van der Waals surface area contributed by atoms with E-state index in [1.807, 2.05) is 61.5 Å². The molecule has 0 atom stereocenters. The number of ether oxygens (including phenoxy) is 2. The van der Waals surface area contributed by atoms with E-state index in [2.05, 4.69) is 38.2 Å². The number of likely N-dealkylation sites (tertiary alicyclic amines) is 1. The van der Waals surface area contributed by atoms with Crippen LogP contribution in [0.2, 0.25) is 0 Å². The van der Waals surface area contributed by atoms with Crippen LogP contribution in [0.25, 0.3) is 10.9 Å². The van der Waals surface area contributed by atoms with Gasteiger partial charge in [0.05, 0.1) is 30.3 Å². The largest absolute Gasteiger partial charge is 0.497 e. The lowest BCUT2D eigenvalue weighted by atomic mass is 9.82. The molecule has 12 nitrogen and oxygen atoms in total. The summed E-state index contributed by atoms with van der Waals surface area (Å²) in [6, 6.07) is 28.9. The van der Waals surface area contributed by atoms with Gasteiger partial charge in [0.1, 0.15) is 11.5 Å². The highest BCUT2D eigenvalue weighted by molar-refractivity contribution is 14.1. The highest BCUT2D eigenvalue weighted by Gasteiger charge is 2.34. The number of carbonyl (C=O) groups is 2. The zero-order valence-corrected chi connectivity index (χ0v) is 34.0. The van der Waals surface area contributed by atoms with Crippen molar-refractivity contribution in [2.24, 2.45) is 5.73 Å². The molecule has 55 heavy (non-hydrogen) atoms. The molecule has 0 spiro atoms. The van der Waals surface area contributed by atoms with E-state index in [9.17, 15) is 18.0 Å². The molecular weight excluding hydrogens is 831 g/mol. The number of benzene rings is 4. The fourth-order valence-electron chi connectivity index (χ4n) is 6.76. The highest BCUT2D eigenvalue weighted by Crippen LogP contribution is 2.32. The summed E-state index contributed by atoms with van der Waals surface area (Å²) in [6.45, 7) is 3.20. The number of amides is 2. The van der Waals surface area contributed by atoms with Gasteiger partial charge in [-0.2, -0.15) is 4.31 Å². The second-order valence-electron chi connectivity index (χ2n) is 13.5. The van der Waals surface area contributed by atoms with Gasteiger partial charge < -0.3 is 30.7 Å². The van der Waals surface area contributed by atoms with Gasteiger partial charge in [-0.3, -0.25) is 14.6 Å². The van der Waals surface area contributed by atoms with Crippen molar-refractivity contribution in [2.45, 2.75) is 36.6 Å². The third kappa shape index (κ3) is 9.37. The molecule has 1 aliphatic rings. The Morgan fingerprint density at radius 3 is 2.33 bits per heavy atom. The molecule has 14 heteroatoms. The number of aryl methyl sites for hydroxylation is 1. The molecule has 1 fully saturated rings. The molecule has 6 rings (SSSR count). The van der Waals surface area contributed by atoms with Crippen LogP contribution in [0.3, 0.4) is 0 Å². The fourth-order valence-corrected chi connectivity index (χ4v) is 8.69. The smallest absolute Gasteiger partial charge is 0.253 e. The predicted molar refractivity (Wildman–Crippen MR) is 223 cm³/mol. The Bertz CT molecular complexity index is 2270. The SMILES string of the molecule is COc1ccc(S(=O)(=O)N(CCNc2cc(C)nc3ccc(I)cc23)CCC(=O)Nc2ccc(C(=O)N3CCC(N)(c4ccccc4)CC3)cc2OC)cc1. The molecule has 4 N–H and O–H groups in total. The number of nitrogens with one attached hydrogen (secondary N) is 2. The Kier molecular flexibility index (Phi) is 12.6. The maximum atomic E-state index is 13.9. The van der Waals surface area contributed by atoms with E-state index in [-0.39, 0.29) is 36.9 Å². The van der Waals surface area contributed by atoms with Gasteiger partial charge in [0.15, 0.2) is 0 Å². The molecule has 1 aliphatic heterocycles. The quantitative estimate of drug-likeness (QED) is 0.108. The van der Waals surface area contributed by atoms with E-state index in [4.69, 9.17) is 15.2 Å². The zero-order chi connectivity index (χ0) is 39.2. The van der Waals surface area contributed by atoms with Crippen LogP contribution in [-0.2, 0) is 20.4 Å². The van der Waals surface area contributed by atoms with E-state index in [1.54, 1.807) is 35.2 Å². The maximum absolute atomic E-state index is 13.9. The number of fused-ring (bicyclic) bond motifs is 1. The Morgan fingerprint density at radius 1 is 0.909 bits per heavy atom. The molecule has 0 radical (unpaired) electrons. The van der Waals surface area contributed by atoms with Crippen LogP contribution >= 0.6 is 22.6 Å². The Hall–Kier alpha value is -4.77. The minimum absolute atomic E-state index is 0.0846. The average Bonchev–Trinajstić information content (AvgIpc) is 3.19. The van der Waals surface area contributed by atoms with E-state index in [0.29, 0.717) is 48.7 Å². The molecule has 1 aromatic heterocycles. The van der Waals surface area contributed by atoms with Gasteiger partial charge in [-0.1, -0.05) is 30.3 Å². The van der Waals surface area contributed by atoms with Gasteiger partial charge in [0.25, 0.3) is 5.91 Å². The van der Waals surface area contributed by atoms with E-state index < -0.39 is 21.5 Å². The lowest BCUT2D eigenvalue weighted by molar-refractivity contribution is -0.116. The zero-order valence-electron chi connectivity index (χ0n) is 31.0. The van der Waals surface area contributed by atoms with Gasteiger partial charge in [-0.15, -0.1) is 0 Å². The van der Waals surface area contributed by atoms with Crippen molar-refractivity contribution in [1.29, 1.82) is 0 Å². The first-order valence-corrected chi connectivity index (χ1v) is 20.5. The fraction of sp³-hybridized carbons (Fsp3) is 0.293. The number of hydrogen-bond acceptors (Lipinski definition) is 9. The first-order chi connectivity index (χ1) is 26.4. The second-order valence-corrected chi connectivity index (χ2v) is 16.7. The minimum atomic E-state index is -4.00. The van der Waals surface area contributed by atoms with Crippen molar-refractivity contribution in [1.82, 2.24) is 14.2 Å². The molecule has 2 heterocycles. The third-order valence-electron chi connectivity index (χ3n) is 9.88. The number of pyridine rings is 1. The summed E-state index contributed by atoms with van der Waals surface area (Å²) >= 11 is 2.25. The molecule has 2 amide bonds. The van der Waals surface area contributed by atoms with Crippen molar-refractivity contribution in [3.8, 4) is 11.5 Å². The number of piperidine rings is 1.